The topological polar surface area (TPSA) is 12.0 Å². The van der Waals surface area contributed by atoms with Gasteiger partial charge in [0.1, 0.15) is 0 Å². The zero-order chi connectivity index (χ0) is 14.7. The van der Waals surface area contributed by atoms with Crippen LogP contribution in [0.5, 0.6) is 0 Å². The average molecular weight is 279 g/mol. The molecule has 21 heavy (non-hydrogen) atoms. The maximum absolute atomic E-state index is 3.49. The molecule has 1 aliphatic rings. The Bertz CT molecular complexity index is 581. The lowest BCUT2D eigenvalue weighted by Crippen LogP contribution is -2.19. The number of benzene rings is 2. The van der Waals surface area contributed by atoms with Crippen LogP contribution in [0, 0.1) is 0 Å². The Kier molecular flexibility index (Phi) is 4.40. The summed E-state index contributed by atoms with van der Waals surface area (Å²) in [5.41, 5.74) is 5.71. The highest BCUT2D eigenvalue weighted by Crippen LogP contribution is 2.37. The van der Waals surface area contributed by atoms with Gasteiger partial charge < -0.3 is 5.32 Å². The van der Waals surface area contributed by atoms with Crippen molar-refractivity contribution in [3.8, 4) is 0 Å². The average Bonchev–Trinajstić information content (AvgIpc) is 2.48. The zero-order valence-corrected chi connectivity index (χ0v) is 13.1. The van der Waals surface area contributed by atoms with Gasteiger partial charge in [-0.25, -0.2) is 0 Å². The second kappa shape index (κ2) is 6.44. The van der Waals surface area contributed by atoms with Crippen LogP contribution in [0.4, 0.5) is 0 Å². The second-order valence-electron chi connectivity index (χ2n) is 6.07. The summed E-state index contributed by atoms with van der Waals surface area (Å²) in [6.45, 7) is 2.23. The van der Waals surface area contributed by atoms with Gasteiger partial charge in [-0.3, -0.25) is 0 Å². The molecular formula is C20H25N. The van der Waals surface area contributed by atoms with Crippen molar-refractivity contribution < 1.29 is 0 Å². The summed E-state index contributed by atoms with van der Waals surface area (Å²) in [6, 6.07) is 18.3. The van der Waals surface area contributed by atoms with Gasteiger partial charge in [0.25, 0.3) is 0 Å². The highest BCUT2D eigenvalue weighted by Gasteiger charge is 2.20. The summed E-state index contributed by atoms with van der Waals surface area (Å²) >= 11 is 0. The molecule has 0 amide bonds. The van der Waals surface area contributed by atoms with Crippen molar-refractivity contribution in [1.29, 1.82) is 0 Å². The molecule has 0 radical (unpaired) electrons. The van der Waals surface area contributed by atoms with E-state index in [1.165, 1.54) is 41.5 Å². The van der Waals surface area contributed by atoms with Crippen LogP contribution < -0.4 is 5.32 Å². The molecule has 2 aromatic rings. The van der Waals surface area contributed by atoms with Gasteiger partial charge in [-0.2, -0.15) is 0 Å². The quantitative estimate of drug-likeness (QED) is 0.827. The summed E-state index contributed by atoms with van der Waals surface area (Å²) in [4.78, 5) is 0. The number of rotatable bonds is 5. The van der Waals surface area contributed by atoms with Gasteiger partial charge in [-0.15, -0.1) is 0 Å². The van der Waals surface area contributed by atoms with Crippen LogP contribution in [-0.2, 0) is 6.42 Å². The lowest BCUT2D eigenvalue weighted by Gasteiger charge is -2.26. The van der Waals surface area contributed by atoms with Crippen molar-refractivity contribution in [2.75, 3.05) is 7.05 Å². The smallest absolute Gasteiger partial charge is 0.0576 e. The van der Waals surface area contributed by atoms with Crippen LogP contribution in [0.1, 0.15) is 60.4 Å². The van der Waals surface area contributed by atoms with Crippen molar-refractivity contribution in [2.24, 2.45) is 0 Å². The molecule has 1 nitrogen and oxygen atoms in total. The van der Waals surface area contributed by atoms with Crippen molar-refractivity contribution in [3.05, 3.63) is 70.8 Å². The SMILES string of the molecule is CCc1ccccc1C(NC)c1ccc(C2CCC2)cc1. The molecule has 0 heterocycles. The summed E-state index contributed by atoms with van der Waals surface area (Å²) in [6.07, 6.45) is 5.21. The molecule has 3 rings (SSSR count). The predicted molar refractivity (Wildman–Crippen MR) is 89.8 cm³/mol. The van der Waals surface area contributed by atoms with E-state index in [2.05, 4.69) is 67.8 Å². The van der Waals surface area contributed by atoms with Gasteiger partial charge in [-0.05, 0) is 54.5 Å². The lowest BCUT2D eigenvalue weighted by molar-refractivity contribution is 0.419. The van der Waals surface area contributed by atoms with Gasteiger partial charge >= 0.3 is 0 Å². The molecule has 1 unspecified atom stereocenters. The molecule has 1 N–H and O–H groups in total. The van der Waals surface area contributed by atoms with Gasteiger partial charge in [0.15, 0.2) is 0 Å². The van der Waals surface area contributed by atoms with E-state index in [0.717, 1.165) is 12.3 Å². The molecule has 0 bridgehead atoms. The van der Waals surface area contributed by atoms with E-state index >= 15 is 0 Å². The first-order valence-corrected chi connectivity index (χ1v) is 8.18. The molecule has 1 heteroatoms. The second-order valence-corrected chi connectivity index (χ2v) is 6.07. The Labute approximate surface area is 128 Å². The third-order valence-corrected chi connectivity index (χ3v) is 4.88. The minimum absolute atomic E-state index is 0.289. The van der Waals surface area contributed by atoms with Crippen molar-refractivity contribution in [3.63, 3.8) is 0 Å². The number of nitrogens with one attached hydrogen (secondary N) is 1. The summed E-state index contributed by atoms with van der Waals surface area (Å²) in [5.74, 6) is 0.815. The summed E-state index contributed by atoms with van der Waals surface area (Å²) < 4.78 is 0. The third-order valence-electron chi connectivity index (χ3n) is 4.88. The minimum atomic E-state index is 0.289. The molecule has 1 atom stereocenters. The fourth-order valence-corrected chi connectivity index (χ4v) is 3.34. The Morgan fingerprint density at radius 1 is 1.05 bits per heavy atom. The maximum Gasteiger partial charge on any atom is 0.0576 e. The molecule has 1 fully saturated rings. The molecule has 1 aliphatic carbocycles. The van der Waals surface area contributed by atoms with Crippen molar-refractivity contribution in [2.45, 2.75) is 44.6 Å². The predicted octanol–water partition coefficient (Wildman–Crippen LogP) is 4.83. The van der Waals surface area contributed by atoms with Crippen LogP contribution in [-0.4, -0.2) is 7.05 Å². The normalized spacial score (nSPS) is 16.5. The van der Waals surface area contributed by atoms with E-state index in [-0.39, 0.29) is 6.04 Å². The number of hydrogen-bond donors (Lipinski definition) is 1. The number of aryl methyl sites for hydroxylation is 1. The fraction of sp³-hybridized carbons (Fsp3) is 0.400. The van der Waals surface area contributed by atoms with E-state index in [9.17, 15) is 0 Å². The van der Waals surface area contributed by atoms with E-state index < -0.39 is 0 Å². The van der Waals surface area contributed by atoms with Crippen LogP contribution in [0.15, 0.2) is 48.5 Å². The Hall–Kier alpha value is -1.60. The minimum Gasteiger partial charge on any atom is -0.309 e. The van der Waals surface area contributed by atoms with Crippen molar-refractivity contribution >= 4 is 0 Å². The van der Waals surface area contributed by atoms with Crippen LogP contribution in [0.2, 0.25) is 0 Å². The lowest BCUT2D eigenvalue weighted by atomic mass is 9.79. The van der Waals surface area contributed by atoms with E-state index in [1.807, 2.05) is 0 Å². The summed E-state index contributed by atoms with van der Waals surface area (Å²) in [7, 11) is 2.05. The van der Waals surface area contributed by atoms with Gasteiger partial charge in [0.2, 0.25) is 0 Å². The molecule has 0 spiro atoms. The highest BCUT2D eigenvalue weighted by atomic mass is 14.9. The molecule has 110 valence electrons. The Morgan fingerprint density at radius 2 is 1.76 bits per heavy atom. The van der Waals surface area contributed by atoms with Crippen LogP contribution >= 0.6 is 0 Å². The van der Waals surface area contributed by atoms with Crippen LogP contribution in [0.25, 0.3) is 0 Å². The molecule has 1 saturated carbocycles. The Balaban J connectivity index is 1.88. The first-order valence-electron chi connectivity index (χ1n) is 8.18. The fourth-order valence-electron chi connectivity index (χ4n) is 3.34. The van der Waals surface area contributed by atoms with E-state index in [0.29, 0.717) is 0 Å². The standard InChI is InChI=1S/C20H25N/c1-3-15-7-4-5-10-19(15)20(21-2)18-13-11-17(12-14-18)16-8-6-9-16/h4-5,7,10-14,16,20-21H,3,6,8-9H2,1-2H3. The van der Waals surface area contributed by atoms with E-state index in [4.69, 9.17) is 0 Å². The highest BCUT2D eigenvalue weighted by molar-refractivity contribution is 5.39. The summed E-state index contributed by atoms with van der Waals surface area (Å²) in [5, 5.41) is 3.49. The maximum atomic E-state index is 3.49. The molecular weight excluding hydrogens is 254 g/mol. The first kappa shape index (κ1) is 14.3. The Morgan fingerprint density at radius 3 is 2.33 bits per heavy atom. The number of hydrogen-bond acceptors (Lipinski definition) is 1. The van der Waals surface area contributed by atoms with Gasteiger partial charge in [-0.1, -0.05) is 61.9 Å². The van der Waals surface area contributed by atoms with Gasteiger partial charge in [0.05, 0.1) is 6.04 Å². The molecule has 0 aromatic heterocycles. The van der Waals surface area contributed by atoms with Crippen LogP contribution in [0.3, 0.4) is 0 Å². The van der Waals surface area contributed by atoms with Gasteiger partial charge in [0, 0.05) is 0 Å². The first-order chi connectivity index (χ1) is 10.3. The molecule has 0 saturated heterocycles. The molecule has 2 aromatic carbocycles. The van der Waals surface area contributed by atoms with E-state index in [1.54, 1.807) is 0 Å². The largest absolute Gasteiger partial charge is 0.309 e. The monoisotopic (exact) mass is 279 g/mol. The van der Waals surface area contributed by atoms with Crippen molar-refractivity contribution in [1.82, 2.24) is 5.32 Å². The molecule has 0 aliphatic heterocycles. The zero-order valence-electron chi connectivity index (χ0n) is 13.1. The third kappa shape index (κ3) is 2.89.